The first-order valence-corrected chi connectivity index (χ1v) is 7.00. The molecular weight excluding hydrogens is 254 g/mol. The number of furan rings is 1. The minimum Gasteiger partial charge on any atom is -0.468 e. The van der Waals surface area contributed by atoms with Crippen LogP contribution in [0.2, 0.25) is 0 Å². The molecule has 3 rings (SSSR count). The molecule has 106 valence electrons. The van der Waals surface area contributed by atoms with E-state index < -0.39 is 0 Å². The van der Waals surface area contributed by atoms with Crippen LogP contribution < -0.4 is 5.56 Å². The highest BCUT2D eigenvalue weighted by Gasteiger charge is 2.22. The normalized spacial score (nSPS) is 15.6. The van der Waals surface area contributed by atoms with Crippen molar-refractivity contribution in [2.75, 3.05) is 6.54 Å². The molecule has 0 radical (unpaired) electrons. The molecule has 2 aromatic rings. The number of H-pyrrole nitrogens is 1. The lowest BCUT2D eigenvalue weighted by atomic mass is 10.1. The van der Waals surface area contributed by atoms with E-state index >= 15 is 0 Å². The van der Waals surface area contributed by atoms with Crippen molar-refractivity contribution >= 4 is 0 Å². The predicted octanol–water partition coefficient (Wildman–Crippen LogP) is 2.04. The topological polar surface area (TPSA) is 62.1 Å². The second-order valence-corrected chi connectivity index (χ2v) is 5.57. The van der Waals surface area contributed by atoms with Gasteiger partial charge < -0.3 is 9.40 Å². The Morgan fingerprint density at radius 2 is 2.35 bits per heavy atom. The number of nitrogens with one attached hydrogen (secondary N) is 1. The van der Waals surface area contributed by atoms with Crippen molar-refractivity contribution < 1.29 is 4.42 Å². The van der Waals surface area contributed by atoms with E-state index in [2.05, 4.69) is 14.9 Å². The summed E-state index contributed by atoms with van der Waals surface area (Å²) in [5.41, 5.74) is 1.75. The van der Waals surface area contributed by atoms with E-state index in [9.17, 15) is 4.79 Å². The quantitative estimate of drug-likeness (QED) is 0.929. The first-order valence-electron chi connectivity index (χ1n) is 7.00. The molecule has 0 saturated heterocycles. The molecule has 0 unspecified atom stereocenters. The molecule has 5 nitrogen and oxygen atoms in total. The highest BCUT2D eigenvalue weighted by atomic mass is 16.3. The second kappa shape index (κ2) is 5.25. The maximum Gasteiger partial charge on any atom is 0.255 e. The fraction of sp³-hybridized carbons (Fsp3) is 0.467. The molecule has 2 aromatic heterocycles. The van der Waals surface area contributed by atoms with Gasteiger partial charge in [-0.3, -0.25) is 9.69 Å². The average Bonchev–Trinajstić information content (AvgIpc) is 2.92. The lowest BCUT2D eigenvalue weighted by molar-refractivity contribution is 0.222. The van der Waals surface area contributed by atoms with E-state index in [1.54, 1.807) is 6.26 Å². The molecule has 0 amide bonds. The third-order valence-electron chi connectivity index (χ3n) is 3.67. The Labute approximate surface area is 117 Å². The Morgan fingerprint density at radius 3 is 3.05 bits per heavy atom. The van der Waals surface area contributed by atoms with E-state index in [1.807, 2.05) is 26.0 Å². The molecule has 0 bridgehead atoms. The molecule has 20 heavy (non-hydrogen) atoms. The number of aromatic nitrogens is 2. The molecule has 3 heterocycles. The van der Waals surface area contributed by atoms with Crippen LogP contribution in [0.25, 0.3) is 0 Å². The van der Waals surface area contributed by atoms with Gasteiger partial charge in [0.1, 0.15) is 11.6 Å². The first kappa shape index (κ1) is 13.1. The summed E-state index contributed by atoms with van der Waals surface area (Å²) in [7, 11) is 0. The van der Waals surface area contributed by atoms with Crippen molar-refractivity contribution in [1.29, 1.82) is 0 Å². The first-order chi connectivity index (χ1) is 9.63. The molecule has 0 atom stereocenters. The van der Waals surface area contributed by atoms with E-state index in [-0.39, 0.29) is 11.5 Å². The van der Waals surface area contributed by atoms with E-state index in [1.165, 1.54) is 0 Å². The summed E-state index contributed by atoms with van der Waals surface area (Å²) in [5.74, 6) is 1.96. The predicted molar refractivity (Wildman–Crippen MR) is 75.5 cm³/mol. The van der Waals surface area contributed by atoms with Crippen LogP contribution in [0, 0.1) is 0 Å². The maximum atomic E-state index is 12.2. The fourth-order valence-electron chi connectivity index (χ4n) is 2.53. The van der Waals surface area contributed by atoms with E-state index in [0.29, 0.717) is 6.54 Å². The Morgan fingerprint density at radius 1 is 1.50 bits per heavy atom. The summed E-state index contributed by atoms with van der Waals surface area (Å²) in [6, 6.07) is 3.84. The number of fused-ring (bicyclic) bond motifs is 1. The van der Waals surface area contributed by atoms with Gasteiger partial charge in [0.2, 0.25) is 0 Å². The summed E-state index contributed by atoms with van der Waals surface area (Å²) < 4.78 is 5.36. The van der Waals surface area contributed by atoms with Crippen LogP contribution in [-0.4, -0.2) is 21.4 Å². The highest BCUT2D eigenvalue weighted by molar-refractivity contribution is 5.21. The molecule has 1 aliphatic heterocycles. The summed E-state index contributed by atoms with van der Waals surface area (Å²) in [4.78, 5) is 21.9. The SMILES string of the molecule is CC(C)c1nc2c(c(=O)[nH]1)CN(Cc1ccco1)CC2. The maximum absolute atomic E-state index is 12.2. The molecular formula is C15H19N3O2. The molecule has 5 heteroatoms. The number of hydrogen-bond donors (Lipinski definition) is 1. The van der Waals surface area contributed by atoms with Crippen LogP contribution in [0.3, 0.4) is 0 Å². The van der Waals surface area contributed by atoms with Gasteiger partial charge in [-0.15, -0.1) is 0 Å². The van der Waals surface area contributed by atoms with Crippen LogP contribution >= 0.6 is 0 Å². The van der Waals surface area contributed by atoms with Gasteiger partial charge in [-0.05, 0) is 12.1 Å². The molecule has 0 aliphatic carbocycles. The summed E-state index contributed by atoms with van der Waals surface area (Å²) in [6.07, 6.45) is 2.50. The smallest absolute Gasteiger partial charge is 0.255 e. The molecule has 0 saturated carbocycles. The van der Waals surface area contributed by atoms with Crippen molar-refractivity contribution in [3.63, 3.8) is 0 Å². The van der Waals surface area contributed by atoms with Crippen molar-refractivity contribution in [2.45, 2.75) is 39.3 Å². The minimum atomic E-state index is 0.00263. The zero-order valence-corrected chi connectivity index (χ0v) is 11.8. The van der Waals surface area contributed by atoms with Crippen LogP contribution in [0.1, 0.15) is 42.6 Å². The lowest BCUT2D eigenvalue weighted by Gasteiger charge is -2.27. The van der Waals surface area contributed by atoms with Crippen LogP contribution in [-0.2, 0) is 19.5 Å². The van der Waals surface area contributed by atoms with Gasteiger partial charge in [0.15, 0.2) is 0 Å². The molecule has 0 spiro atoms. The number of aromatic amines is 1. The van der Waals surface area contributed by atoms with Gasteiger partial charge >= 0.3 is 0 Å². The van der Waals surface area contributed by atoms with E-state index in [4.69, 9.17) is 4.42 Å². The standard InChI is InChI=1S/C15H19N3O2/c1-10(2)14-16-13-5-6-18(8-11-4-3-7-20-11)9-12(13)15(19)17-14/h3-4,7,10H,5-6,8-9H2,1-2H3,(H,16,17,19). The van der Waals surface area contributed by atoms with Gasteiger partial charge in [0, 0.05) is 25.4 Å². The third kappa shape index (κ3) is 2.54. The largest absolute Gasteiger partial charge is 0.468 e. The zero-order valence-electron chi connectivity index (χ0n) is 11.8. The highest BCUT2D eigenvalue weighted by Crippen LogP contribution is 2.18. The monoisotopic (exact) mass is 273 g/mol. The number of nitrogens with zero attached hydrogens (tertiary/aromatic N) is 2. The van der Waals surface area contributed by atoms with Gasteiger partial charge in [0.05, 0.1) is 24.1 Å². The average molecular weight is 273 g/mol. The summed E-state index contributed by atoms with van der Waals surface area (Å²) in [6.45, 7) is 6.35. The molecule has 1 N–H and O–H groups in total. The fourth-order valence-corrected chi connectivity index (χ4v) is 2.53. The summed E-state index contributed by atoms with van der Waals surface area (Å²) in [5, 5.41) is 0. The van der Waals surface area contributed by atoms with Crippen molar-refractivity contribution in [1.82, 2.24) is 14.9 Å². The Kier molecular flexibility index (Phi) is 3.44. The molecule has 0 aromatic carbocycles. The van der Waals surface area contributed by atoms with Gasteiger partial charge in [-0.2, -0.15) is 0 Å². The minimum absolute atomic E-state index is 0.00263. The number of rotatable bonds is 3. The van der Waals surface area contributed by atoms with Crippen molar-refractivity contribution in [3.8, 4) is 0 Å². The lowest BCUT2D eigenvalue weighted by Crippen LogP contribution is -2.35. The Hall–Kier alpha value is -1.88. The third-order valence-corrected chi connectivity index (χ3v) is 3.67. The van der Waals surface area contributed by atoms with Crippen LogP contribution in [0.5, 0.6) is 0 Å². The van der Waals surface area contributed by atoms with Gasteiger partial charge in [-0.1, -0.05) is 13.8 Å². The Bertz CT molecular complexity index is 644. The van der Waals surface area contributed by atoms with Crippen LogP contribution in [0.15, 0.2) is 27.6 Å². The van der Waals surface area contributed by atoms with E-state index in [0.717, 1.165) is 42.4 Å². The molecule has 0 fully saturated rings. The summed E-state index contributed by atoms with van der Waals surface area (Å²) >= 11 is 0. The second-order valence-electron chi connectivity index (χ2n) is 5.57. The molecule has 1 aliphatic rings. The Balaban J connectivity index is 1.83. The number of hydrogen-bond acceptors (Lipinski definition) is 4. The van der Waals surface area contributed by atoms with Crippen LogP contribution in [0.4, 0.5) is 0 Å². The van der Waals surface area contributed by atoms with Crippen molar-refractivity contribution in [3.05, 3.63) is 51.6 Å². The van der Waals surface area contributed by atoms with Crippen molar-refractivity contribution in [2.24, 2.45) is 0 Å². The zero-order chi connectivity index (χ0) is 14.1. The van der Waals surface area contributed by atoms with Gasteiger partial charge in [-0.25, -0.2) is 4.98 Å². The van der Waals surface area contributed by atoms with Gasteiger partial charge in [0.25, 0.3) is 5.56 Å².